The Labute approximate surface area is 175 Å². The molecule has 1 spiro atoms. The van der Waals surface area contributed by atoms with Crippen LogP contribution >= 0.6 is 0 Å². The molecule has 4 heterocycles. The molecule has 3 fully saturated rings. The molecular weight excluding hydrogens is 378 g/mol. The summed E-state index contributed by atoms with van der Waals surface area (Å²) in [5.41, 5.74) is 3.74. The van der Waals surface area contributed by atoms with Crippen molar-refractivity contribution in [3.63, 3.8) is 0 Å². The number of benzene rings is 1. The summed E-state index contributed by atoms with van der Waals surface area (Å²) in [7, 11) is 0. The first-order chi connectivity index (χ1) is 14.5. The largest absolute Gasteiger partial charge is 0.488 e. The predicted octanol–water partition coefficient (Wildman–Crippen LogP) is 2.48. The molecule has 1 saturated carbocycles. The fourth-order valence-corrected chi connectivity index (χ4v) is 4.83. The maximum atomic E-state index is 12.3. The fraction of sp³-hybridized carbons (Fsp3) is 0.478. The Balaban J connectivity index is 1.27. The van der Waals surface area contributed by atoms with E-state index in [1.807, 2.05) is 12.1 Å². The zero-order valence-corrected chi connectivity index (χ0v) is 17.1. The highest BCUT2D eigenvalue weighted by molar-refractivity contribution is 6.14. The van der Waals surface area contributed by atoms with Crippen LogP contribution in [0.15, 0.2) is 35.6 Å². The first-order valence-electron chi connectivity index (χ1n) is 10.8. The SMILES string of the molecule is CC1(Oc2ccc3c(c2)C(c2cc(N4CCC5(CCNC5=O)C4)ncn2)=NC3)CC1. The minimum atomic E-state index is -0.256. The summed E-state index contributed by atoms with van der Waals surface area (Å²) in [6.07, 6.45) is 5.60. The molecule has 1 aliphatic carbocycles. The highest BCUT2D eigenvalue weighted by Gasteiger charge is 2.47. The van der Waals surface area contributed by atoms with Gasteiger partial charge in [-0.3, -0.25) is 9.79 Å². The van der Waals surface area contributed by atoms with Crippen LogP contribution in [0.4, 0.5) is 5.82 Å². The molecule has 4 aliphatic rings. The summed E-state index contributed by atoms with van der Waals surface area (Å²) in [6.45, 7) is 5.14. The van der Waals surface area contributed by atoms with Crippen LogP contribution in [0.2, 0.25) is 0 Å². The fourth-order valence-electron chi connectivity index (χ4n) is 4.83. The predicted molar refractivity (Wildman–Crippen MR) is 113 cm³/mol. The zero-order chi connectivity index (χ0) is 20.3. The molecular formula is C23H25N5O2. The van der Waals surface area contributed by atoms with Crippen molar-refractivity contribution in [3.8, 4) is 5.75 Å². The first-order valence-corrected chi connectivity index (χ1v) is 10.8. The second-order valence-electron chi connectivity index (χ2n) is 9.25. The van der Waals surface area contributed by atoms with Gasteiger partial charge >= 0.3 is 0 Å². The smallest absolute Gasteiger partial charge is 0.228 e. The van der Waals surface area contributed by atoms with Crippen molar-refractivity contribution in [2.24, 2.45) is 10.4 Å². The molecule has 6 rings (SSSR count). The van der Waals surface area contributed by atoms with Crippen LogP contribution in [0, 0.1) is 5.41 Å². The van der Waals surface area contributed by atoms with Gasteiger partial charge in [0.05, 0.1) is 23.4 Å². The van der Waals surface area contributed by atoms with E-state index in [0.29, 0.717) is 6.54 Å². The summed E-state index contributed by atoms with van der Waals surface area (Å²) in [5, 5.41) is 2.99. The summed E-state index contributed by atoms with van der Waals surface area (Å²) >= 11 is 0. The van der Waals surface area contributed by atoms with Crippen LogP contribution in [-0.2, 0) is 11.3 Å². The molecule has 1 atom stereocenters. The van der Waals surface area contributed by atoms with E-state index in [2.05, 4.69) is 39.2 Å². The van der Waals surface area contributed by atoms with E-state index in [-0.39, 0.29) is 16.9 Å². The number of carbonyl (C=O) groups is 1. The maximum absolute atomic E-state index is 12.3. The molecule has 1 aromatic carbocycles. The number of aromatic nitrogens is 2. The zero-order valence-electron chi connectivity index (χ0n) is 17.1. The maximum Gasteiger partial charge on any atom is 0.228 e. The van der Waals surface area contributed by atoms with Gasteiger partial charge in [-0.2, -0.15) is 0 Å². The lowest BCUT2D eigenvalue weighted by molar-refractivity contribution is -0.126. The van der Waals surface area contributed by atoms with E-state index in [1.54, 1.807) is 6.33 Å². The molecule has 7 heteroatoms. The number of hydrogen-bond donors (Lipinski definition) is 1. The lowest BCUT2D eigenvalue weighted by Crippen LogP contribution is -2.34. The number of nitrogens with one attached hydrogen (secondary N) is 1. The second kappa shape index (κ2) is 6.27. The summed E-state index contributed by atoms with van der Waals surface area (Å²) in [4.78, 5) is 28.3. The second-order valence-corrected chi connectivity index (χ2v) is 9.25. The molecule has 2 saturated heterocycles. The van der Waals surface area contributed by atoms with Crippen molar-refractivity contribution in [2.75, 3.05) is 24.5 Å². The number of anilines is 1. The average Bonchev–Trinajstić information content (AvgIpc) is 3.13. The molecule has 154 valence electrons. The van der Waals surface area contributed by atoms with Gasteiger partial charge in [0.2, 0.25) is 5.91 Å². The van der Waals surface area contributed by atoms with Gasteiger partial charge in [0.25, 0.3) is 0 Å². The molecule has 1 N–H and O–H groups in total. The third-order valence-electron chi connectivity index (χ3n) is 7.01. The summed E-state index contributed by atoms with van der Waals surface area (Å²) in [5.74, 6) is 1.95. The van der Waals surface area contributed by atoms with Gasteiger partial charge in [-0.15, -0.1) is 0 Å². The third-order valence-corrected chi connectivity index (χ3v) is 7.01. The molecule has 2 aromatic rings. The molecule has 1 amide bonds. The van der Waals surface area contributed by atoms with Crippen LogP contribution in [0.3, 0.4) is 0 Å². The lowest BCUT2D eigenvalue weighted by Gasteiger charge is -2.22. The van der Waals surface area contributed by atoms with Crippen molar-refractivity contribution in [3.05, 3.63) is 47.4 Å². The number of amides is 1. The highest BCUT2D eigenvalue weighted by atomic mass is 16.5. The quantitative estimate of drug-likeness (QED) is 0.848. The van der Waals surface area contributed by atoms with Gasteiger partial charge in [0, 0.05) is 31.3 Å². The number of aliphatic imine (C=N–C) groups is 1. The van der Waals surface area contributed by atoms with Crippen LogP contribution in [0.5, 0.6) is 5.75 Å². The standard InChI is InChI=1S/C23H25N5O2/c1-22(4-5-22)30-16-3-2-15-12-25-20(17(15)10-16)18-11-19(27-14-26-18)28-9-7-23(13-28)6-8-24-21(23)29/h2-3,10-11,14H,4-9,12-13H2,1H3,(H,24,29). The average molecular weight is 403 g/mol. The molecule has 0 bridgehead atoms. The number of nitrogens with zero attached hydrogens (tertiary/aromatic N) is 4. The van der Waals surface area contributed by atoms with E-state index in [9.17, 15) is 4.79 Å². The number of rotatable bonds is 4. The Morgan fingerprint density at radius 2 is 2.03 bits per heavy atom. The van der Waals surface area contributed by atoms with Gasteiger partial charge < -0.3 is 15.0 Å². The molecule has 1 aromatic heterocycles. The van der Waals surface area contributed by atoms with Crippen LogP contribution in [-0.4, -0.2) is 46.8 Å². The highest BCUT2D eigenvalue weighted by Crippen LogP contribution is 2.41. The Morgan fingerprint density at radius 3 is 2.83 bits per heavy atom. The summed E-state index contributed by atoms with van der Waals surface area (Å²) in [6, 6.07) is 8.26. The normalized spacial score (nSPS) is 26.0. The Hall–Kier alpha value is -2.96. The monoisotopic (exact) mass is 403 g/mol. The van der Waals surface area contributed by atoms with Crippen molar-refractivity contribution in [1.82, 2.24) is 15.3 Å². The van der Waals surface area contributed by atoms with Crippen LogP contribution < -0.4 is 15.0 Å². The van der Waals surface area contributed by atoms with E-state index in [0.717, 1.165) is 73.9 Å². The lowest BCUT2D eigenvalue weighted by atomic mass is 9.86. The Bertz CT molecular complexity index is 1080. The van der Waals surface area contributed by atoms with Gasteiger partial charge in [0.1, 0.15) is 23.5 Å². The number of fused-ring (bicyclic) bond motifs is 1. The van der Waals surface area contributed by atoms with E-state index in [4.69, 9.17) is 9.73 Å². The topological polar surface area (TPSA) is 79.7 Å². The van der Waals surface area contributed by atoms with Crippen LogP contribution in [0.1, 0.15) is 49.4 Å². The molecule has 3 aliphatic heterocycles. The minimum absolute atomic E-state index is 0.00945. The molecule has 7 nitrogen and oxygen atoms in total. The Morgan fingerprint density at radius 1 is 1.13 bits per heavy atom. The van der Waals surface area contributed by atoms with Crippen molar-refractivity contribution in [2.45, 2.75) is 44.8 Å². The number of carbonyl (C=O) groups excluding carboxylic acids is 1. The van der Waals surface area contributed by atoms with Gasteiger partial charge in [-0.1, -0.05) is 6.07 Å². The van der Waals surface area contributed by atoms with E-state index >= 15 is 0 Å². The van der Waals surface area contributed by atoms with Gasteiger partial charge in [-0.25, -0.2) is 9.97 Å². The van der Waals surface area contributed by atoms with Crippen molar-refractivity contribution >= 4 is 17.4 Å². The van der Waals surface area contributed by atoms with Gasteiger partial charge in [-0.05, 0) is 50.3 Å². The molecule has 30 heavy (non-hydrogen) atoms. The Kier molecular flexibility index (Phi) is 3.73. The minimum Gasteiger partial charge on any atom is -0.488 e. The third kappa shape index (κ3) is 2.87. The summed E-state index contributed by atoms with van der Waals surface area (Å²) < 4.78 is 6.16. The van der Waals surface area contributed by atoms with Crippen molar-refractivity contribution in [1.29, 1.82) is 0 Å². The van der Waals surface area contributed by atoms with E-state index < -0.39 is 0 Å². The van der Waals surface area contributed by atoms with Crippen molar-refractivity contribution < 1.29 is 9.53 Å². The first kappa shape index (κ1) is 17.9. The molecule has 1 unspecified atom stereocenters. The number of ether oxygens (including phenoxy) is 1. The van der Waals surface area contributed by atoms with Gasteiger partial charge in [0.15, 0.2) is 0 Å². The van der Waals surface area contributed by atoms with Crippen LogP contribution in [0.25, 0.3) is 0 Å². The van der Waals surface area contributed by atoms with E-state index in [1.165, 1.54) is 5.56 Å². The number of hydrogen-bond acceptors (Lipinski definition) is 6. The molecule has 0 radical (unpaired) electrons.